The molecule has 0 bridgehead atoms. The maximum Gasteiger partial charge on any atom is 0.673 e. The number of halogens is 5. The molecular formula is C10H10BBrF4N2. The quantitative estimate of drug-likeness (QED) is 0.370. The highest BCUT2D eigenvalue weighted by Gasteiger charge is 2.22. The molecule has 2 nitrogen and oxygen atoms in total. The first-order valence-electron chi connectivity index (χ1n) is 5.35. The van der Waals surface area contributed by atoms with Crippen LogP contribution in [0.4, 0.5) is 23.0 Å². The normalized spacial score (nSPS) is 14.0. The number of rotatable bonds is 0. The van der Waals surface area contributed by atoms with Crippen LogP contribution in [0.1, 0.15) is 24.0 Å². The Morgan fingerprint density at radius 1 is 1.06 bits per heavy atom. The molecule has 0 fully saturated rings. The average molecular weight is 325 g/mol. The average Bonchev–Trinajstić information content (AvgIpc) is 2.28. The Kier molecular flexibility index (Phi) is 5.14. The smallest absolute Gasteiger partial charge is 0.418 e. The van der Waals surface area contributed by atoms with Crippen molar-refractivity contribution in [2.24, 2.45) is 0 Å². The lowest BCUT2D eigenvalue weighted by atomic mass is 9.91. The molecule has 0 aromatic heterocycles. The van der Waals surface area contributed by atoms with Crippen molar-refractivity contribution in [1.29, 1.82) is 5.39 Å². The van der Waals surface area contributed by atoms with Crippen LogP contribution in [0.2, 0.25) is 0 Å². The molecule has 1 aromatic rings. The monoisotopic (exact) mass is 324 g/mol. The van der Waals surface area contributed by atoms with Crippen molar-refractivity contribution in [1.82, 2.24) is 0 Å². The molecule has 0 radical (unpaired) electrons. The van der Waals surface area contributed by atoms with E-state index in [1.807, 2.05) is 12.1 Å². The molecule has 0 saturated carbocycles. The highest BCUT2D eigenvalue weighted by atomic mass is 79.9. The van der Waals surface area contributed by atoms with Gasteiger partial charge < -0.3 is 17.3 Å². The molecule has 0 aliphatic heterocycles. The summed E-state index contributed by atoms with van der Waals surface area (Å²) < 4.78 is 40.1. The van der Waals surface area contributed by atoms with Crippen LogP contribution in [0.15, 0.2) is 16.6 Å². The summed E-state index contributed by atoms with van der Waals surface area (Å²) in [5.41, 5.74) is 3.27. The van der Waals surface area contributed by atoms with Crippen LogP contribution in [0.3, 0.4) is 0 Å². The Bertz CT molecular complexity index is 464. The second-order valence-corrected chi connectivity index (χ2v) is 4.68. The zero-order valence-corrected chi connectivity index (χ0v) is 10.9. The van der Waals surface area contributed by atoms with E-state index in [0.717, 1.165) is 23.0 Å². The lowest BCUT2D eigenvalue weighted by molar-refractivity contribution is 0.368. The molecule has 0 N–H and O–H groups in total. The van der Waals surface area contributed by atoms with Gasteiger partial charge in [-0.2, -0.15) is 0 Å². The molecule has 1 aliphatic rings. The molecule has 0 saturated heterocycles. The Hall–Kier alpha value is -1.10. The van der Waals surface area contributed by atoms with Gasteiger partial charge in [0, 0.05) is 10.5 Å². The van der Waals surface area contributed by atoms with E-state index in [-0.39, 0.29) is 0 Å². The van der Waals surface area contributed by atoms with Crippen molar-refractivity contribution < 1.29 is 17.3 Å². The molecule has 2 rings (SSSR count). The first kappa shape index (κ1) is 15.0. The zero-order chi connectivity index (χ0) is 13.8. The van der Waals surface area contributed by atoms with Crippen molar-refractivity contribution in [2.45, 2.75) is 25.7 Å². The Morgan fingerprint density at radius 2 is 1.56 bits per heavy atom. The van der Waals surface area contributed by atoms with E-state index >= 15 is 0 Å². The van der Waals surface area contributed by atoms with Gasteiger partial charge in [0.15, 0.2) is 4.98 Å². The summed E-state index contributed by atoms with van der Waals surface area (Å²) in [6.45, 7) is 0. The molecule has 0 amide bonds. The molecule has 8 heteroatoms. The first-order valence-corrected chi connectivity index (χ1v) is 6.15. The standard InChI is InChI=1S/C10H10BrN2.BF4/c11-9-5-6-10(13-12)8-4-2-1-3-7(8)9;2-1(3,4)5/h5-6H,1-4H2;/q+1;-1. The van der Waals surface area contributed by atoms with Crippen LogP contribution in [-0.4, -0.2) is 7.25 Å². The minimum Gasteiger partial charge on any atom is -0.418 e. The third kappa shape index (κ3) is 4.65. The SMILES string of the molecule is F[B-](F)(F)F.N#[N+]c1ccc(Br)c2c1CCCC2. The molecule has 0 heterocycles. The van der Waals surface area contributed by atoms with E-state index in [1.165, 1.54) is 24.0 Å². The molecule has 0 spiro atoms. The Balaban J connectivity index is 0.000000280. The minimum atomic E-state index is -6.00. The molecule has 0 atom stereocenters. The van der Waals surface area contributed by atoms with Gasteiger partial charge >= 0.3 is 12.9 Å². The predicted octanol–water partition coefficient (Wildman–Crippen LogP) is 5.11. The number of diazo groups is 1. The van der Waals surface area contributed by atoms with Crippen LogP contribution in [0, 0.1) is 5.39 Å². The second kappa shape index (κ2) is 6.18. The summed E-state index contributed by atoms with van der Waals surface area (Å²) in [7, 11) is -6.00. The summed E-state index contributed by atoms with van der Waals surface area (Å²) >= 11 is 3.52. The van der Waals surface area contributed by atoms with Gasteiger partial charge in [0.05, 0.1) is 5.56 Å². The number of fused-ring (bicyclic) bond motifs is 1. The van der Waals surface area contributed by atoms with Gasteiger partial charge in [-0.25, -0.2) is 0 Å². The molecule has 1 aliphatic carbocycles. The van der Waals surface area contributed by atoms with Gasteiger partial charge in [0.2, 0.25) is 5.39 Å². The van der Waals surface area contributed by atoms with Crippen molar-refractivity contribution >= 4 is 28.9 Å². The van der Waals surface area contributed by atoms with Gasteiger partial charge in [-0.1, -0.05) is 15.9 Å². The Labute approximate surface area is 110 Å². The van der Waals surface area contributed by atoms with Crippen LogP contribution in [-0.2, 0) is 12.8 Å². The molecule has 18 heavy (non-hydrogen) atoms. The van der Waals surface area contributed by atoms with Crippen LogP contribution in [0.25, 0.3) is 4.98 Å². The lowest BCUT2D eigenvalue weighted by Crippen LogP contribution is -2.03. The summed E-state index contributed by atoms with van der Waals surface area (Å²) in [6.07, 6.45) is 4.57. The largest absolute Gasteiger partial charge is 0.673 e. The first-order chi connectivity index (χ1) is 8.33. The predicted molar refractivity (Wildman–Crippen MR) is 65.7 cm³/mol. The Morgan fingerprint density at radius 3 is 2.06 bits per heavy atom. The number of benzene rings is 1. The fraction of sp³-hybridized carbons (Fsp3) is 0.400. The third-order valence-electron chi connectivity index (χ3n) is 2.56. The molecular weight excluding hydrogens is 315 g/mol. The fourth-order valence-corrected chi connectivity index (χ4v) is 2.47. The van der Waals surface area contributed by atoms with E-state index in [1.54, 1.807) is 0 Å². The number of hydrogen-bond donors (Lipinski definition) is 0. The number of nitrogens with zero attached hydrogens (tertiary/aromatic N) is 2. The van der Waals surface area contributed by atoms with Crippen molar-refractivity contribution in [3.05, 3.63) is 32.7 Å². The lowest BCUT2D eigenvalue weighted by Gasteiger charge is -2.14. The summed E-state index contributed by atoms with van der Waals surface area (Å²) in [4.78, 5) is 3.30. The van der Waals surface area contributed by atoms with Gasteiger partial charge in [-0.15, -0.1) is 0 Å². The number of hydrogen-bond acceptors (Lipinski definition) is 1. The second-order valence-electron chi connectivity index (χ2n) is 3.83. The van der Waals surface area contributed by atoms with Gasteiger partial charge in [-0.05, 0) is 37.3 Å². The van der Waals surface area contributed by atoms with E-state index in [2.05, 4.69) is 20.9 Å². The summed E-state index contributed by atoms with van der Waals surface area (Å²) in [5.74, 6) is 0. The van der Waals surface area contributed by atoms with E-state index in [0.29, 0.717) is 0 Å². The topological polar surface area (TPSA) is 28.1 Å². The fourth-order valence-electron chi connectivity index (χ4n) is 1.90. The van der Waals surface area contributed by atoms with E-state index < -0.39 is 7.25 Å². The van der Waals surface area contributed by atoms with E-state index in [4.69, 9.17) is 5.39 Å². The summed E-state index contributed by atoms with van der Waals surface area (Å²) in [5, 5.41) is 8.79. The molecule has 98 valence electrons. The van der Waals surface area contributed by atoms with Crippen LogP contribution >= 0.6 is 15.9 Å². The maximum atomic E-state index is 9.75. The maximum absolute atomic E-state index is 9.75. The van der Waals surface area contributed by atoms with Crippen LogP contribution in [0.5, 0.6) is 0 Å². The van der Waals surface area contributed by atoms with E-state index in [9.17, 15) is 17.3 Å². The van der Waals surface area contributed by atoms with Crippen molar-refractivity contribution in [2.75, 3.05) is 0 Å². The minimum absolute atomic E-state index is 0.734. The third-order valence-corrected chi connectivity index (χ3v) is 3.30. The van der Waals surface area contributed by atoms with Crippen molar-refractivity contribution in [3.63, 3.8) is 0 Å². The summed E-state index contributed by atoms with van der Waals surface area (Å²) in [6, 6.07) is 3.81. The van der Waals surface area contributed by atoms with Gasteiger partial charge in [-0.3, -0.25) is 0 Å². The highest BCUT2D eigenvalue weighted by molar-refractivity contribution is 9.10. The zero-order valence-electron chi connectivity index (χ0n) is 9.34. The van der Waals surface area contributed by atoms with Crippen LogP contribution < -0.4 is 0 Å². The van der Waals surface area contributed by atoms with Gasteiger partial charge in [0.1, 0.15) is 0 Å². The molecule has 1 aromatic carbocycles. The highest BCUT2D eigenvalue weighted by Crippen LogP contribution is 2.34. The molecule has 0 unspecified atom stereocenters. The van der Waals surface area contributed by atoms with Gasteiger partial charge in [0.25, 0.3) is 0 Å². The van der Waals surface area contributed by atoms with Crippen molar-refractivity contribution in [3.8, 4) is 0 Å².